The van der Waals surface area contributed by atoms with Crippen LogP contribution in [0.4, 0.5) is 5.69 Å². The van der Waals surface area contributed by atoms with Crippen LogP contribution in [0.2, 0.25) is 0 Å². The quantitative estimate of drug-likeness (QED) is 0.463. The first kappa shape index (κ1) is 16.7. The van der Waals surface area contributed by atoms with E-state index < -0.39 is 16.4 Å². The predicted molar refractivity (Wildman–Crippen MR) is 80.0 cm³/mol. The maximum absolute atomic E-state index is 12.3. The summed E-state index contributed by atoms with van der Waals surface area (Å²) in [4.78, 5) is 35.7. The molecule has 0 radical (unpaired) electrons. The van der Waals surface area contributed by atoms with Gasteiger partial charge in [0, 0.05) is 18.7 Å². The van der Waals surface area contributed by atoms with E-state index in [1.807, 2.05) is 0 Å². The van der Waals surface area contributed by atoms with E-state index in [9.17, 15) is 19.7 Å². The topological polar surface area (TPSA) is 99.0 Å². The predicted octanol–water partition coefficient (Wildman–Crippen LogP) is 1.53. The van der Waals surface area contributed by atoms with Crippen LogP contribution in [0.15, 0.2) is 24.3 Å². The van der Waals surface area contributed by atoms with Gasteiger partial charge in [0.25, 0.3) is 11.6 Å². The van der Waals surface area contributed by atoms with Crippen molar-refractivity contribution in [3.8, 4) is 5.75 Å². The first-order valence-electron chi connectivity index (χ1n) is 7.14. The molecule has 2 rings (SSSR count). The van der Waals surface area contributed by atoms with Crippen molar-refractivity contribution in [2.75, 3.05) is 20.3 Å². The van der Waals surface area contributed by atoms with Crippen LogP contribution in [0.5, 0.6) is 5.75 Å². The molecule has 1 aromatic carbocycles. The third-order valence-corrected chi connectivity index (χ3v) is 3.98. The standard InChI is InChI=1S/C15H18N2O6/c1-15(14(19)22-2)8-3-9-16(15)13(18)10-23-12-6-4-11(5-7-12)17(20)21/h4-7H,3,8-10H2,1-2H3. The smallest absolute Gasteiger partial charge is 0.331 e. The molecular formula is C15H18N2O6. The average molecular weight is 322 g/mol. The largest absolute Gasteiger partial charge is 0.484 e. The van der Waals surface area contributed by atoms with Crippen molar-refractivity contribution >= 4 is 17.6 Å². The molecular weight excluding hydrogens is 304 g/mol. The fraction of sp³-hybridized carbons (Fsp3) is 0.467. The van der Waals surface area contributed by atoms with Gasteiger partial charge in [0.05, 0.1) is 12.0 Å². The number of non-ortho nitro benzene ring substituents is 1. The van der Waals surface area contributed by atoms with Crippen LogP contribution in [0, 0.1) is 10.1 Å². The van der Waals surface area contributed by atoms with Crippen molar-refractivity contribution in [3.05, 3.63) is 34.4 Å². The van der Waals surface area contributed by atoms with Gasteiger partial charge in [-0.25, -0.2) is 4.79 Å². The van der Waals surface area contributed by atoms with E-state index in [4.69, 9.17) is 9.47 Å². The second-order valence-corrected chi connectivity index (χ2v) is 5.45. The lowest BCUT2D eigenvalue weighted by Crippen LogP contribution is -2.52. The first-order valence-corrected chi connectivity index (χ1v) is 7.14. The molecule has 8 nitrogen and oxygen atoms in total. The lowest BCUT2D eigenvalue weighted by atomic mass is 9.99. The van der Waals surface area contributed by atoms with E-state index in [1.165, 1.54) is 36.3 Å². The highest BCUT2D eigenvalue weighted by molar-refractivity contribution is 5.89. The molecule has 1 atom stereocenters. The molecule has 1 saturated heterocycles. The van der Waals surface area contributed by atoms with Crippen LogP contribution in [-0.4, -0.2) is 47.5 Å². The summed E-state index contributed by atoms with van der Waals surface area (Å²) in [7, 11) is 1.29. The van der Waals surface area contributed by atoms with E-state index in [2.05, 4.69) is 0 Å². The third kappa shape index (κ3) is 3.41. The number of hydrogen-bond donors (Lipinski definition) is 0. The van der Waals surface area contributed by atoms with Gasteiger partial charge in [-0.05, 0) is 31.9 Å². The number of esters is 1. The molecule has 0 aromatic heterocycles. The summed E-state index contributed by atoms with van der Waals surface area (Å²) in [5.74, 6) is -0.421. The average Bonchev–Trinajstić information content (AvgIpc) is 2.95. The zero-order valence-electron chi connectivity index (χ0n) is 13.0. The summed E-state index contributed by atoms with van der Waals surface area (Å²) in [6, 6.07) is 5.45. The Balaban J connectivity index is 1.99. The molecule has 23 heavy (non-hydrogen) atoms. The van der Waals surface area contributed by atoms with Crippen LogP contribution in [0.25, 0.3) is 0 Å². The van der Waals surface area contributed by atoms with Gasteiger partial charge >= 0.3 is 5.97 Å². The zero-order valence-corrected chi connectivity index (χ0v) is 13.0. The highest BCUT2D eigenvalue weighted by Gasteiger charge is 2.46. The van der Waals surface area contributed by atoms with Crippen molar-refractivity contribution in [2.45, 2.75) is 25.3 Å². The normalized spacial score (nSPS) is 20.2. The summed E-state index contributed by atoms with van der Waals surface area (Å²) >= 11 is 0. The van der Waals surface area contributed by atoms with E-state index in [1.54, 1.807) is 6.92 Å². The number of carbonyl (C=O) groups is 2. The maximum atomic E-state index is 12.3. The van der Waals surface area contributed by atoms with Gasteiger partial charge in [0.15, 0.2) is 6.61 Å². The van der Waals surface area contributed by atoms with Crippen LogP contribution in [0.3, 0.4) is 0 Å². The molecule has 1 aromatic rings. The van der Waals surface area contributed by atoms with Gasteiger partial charge in [-0.15, -0.1) is 0 Å². The number of nitrogens with zero attached hydrogens (tertiary/aromatic N) is 2. The second kappa shape index (κ2) is 6.64. The molecule has 0 spiro atoms. The molecule has 1 amide bonds. The summed E-state index contributed by atoms with van der Waals surface area (Å²) in [5, 5.41) is 10.6. The molecule has 124 valence electrons. The number of ether oxygens (including phenoxy) is 2. The molecule has 1 unspecified atom stereocenters. The Hall–Kier alpha value is -2.64. The Kier molecular flexibility index (Phi) is 4.83. The number of carbonyl (C=O) groups excluding carboxylic acids is 2. The minimum Gasteiger partial charge on any atom is -0.484 e. The van der Waals surface area contributed by atoms with Crippen LogP contribution in [-0.2, 0) is 14.3 Å². The molecule has 1 heterocycles. The molecule has 0 saturated carbocycles. The number of likely N-dealkylation sites (tertiary alicyclic amines) is 1. The summed E-state index contributed by atoms with van der Waals surface area (Å²) in [6.07, 6.45) is 1.26. The maximum Gasteiger partial charge on any atom is 0.331 e. The van der Waals surface area contributed by atoms with Crippen molar-refractivity contribution < 1.29 is 24.0 Å². The van der Waals surface area contributed by atoms with Crippen LogP contribution in [0.1, 0.15) is 19.8 Å². The summed E-state index contributed by atoms with van der Waals surface area (Å²) in [5.41, 5.74) is -1.02. The number of benzene rings is 1. The molecule has 0 N–H and O–H groups in total. The van der Waals surface area contributed by atoms with Crippen molar-refractivity contribution in [2.24, 2.45) is 0 Å². The third-order valence-electron chi connectivity index (χ3n) is 3.98. The van der Waals surface area contributed by atoms with Gasteiger partial charge in [-0.2, -0.15) is 0 Å². The minimum absolute atomic E-state index is 0.0542. The van der Waals surface area contributed by atoms with Crippen molar-refractivity contribution in [1.82, 2.24) is 4.90 Å². The molecule has 1 aliphatic heterocycles. The van der Waals surface area contributed by atoms with E-state index in [0.29, 0.717) is 18.7 Å². The SMILES string of the molecule is COC(=O)C1(C)CCCN1C(=O)COc1ccc([N+](=O)[O-])cc1. The zero-order chi connectivity index (χ0) is 17.0. The second-order valence-electron chi connectivity index (χ2n) is 5.45. The van der Waals surface area contributed by atoms with E-state index in [0.717, 1.165) is 6.42 Å². The van der Waals surface area contributed by atoms with Crippen molar-refractivity contribution in [3.63, 3.8) is 0 Å². The lowest BCUT2D eigenvalue weighted by Gasteiger charge is -2.32. The number of nitro groups is 1. The first-order chi connectivity index (χ1) is 10.9. The molecule has 0 aliphatic carbocycles. The molecule has 1 aliphatic rings. The summed E-state index contributed by atoms with van der Waals surface area (Å²) < 4.78 is 10.1. The minimum atomic E-state index is -0.968. The number of amides is 1. The molecule has 0 bridgehead atoms. The Labute approximate surface area is 133 Å². The van der Waals surface area contributed by atoms with Gasteiger partial charge in [0.2, 0.25) is 0 Å². The van der Waals surface area contributed by atoms with Gasteiger partial charge in [-0.3, -0.25) is 14.9 Å². The monoisotopic (exact) mass is 322 g/mol. The lowest BCUT2D eigenvalue weighted by molar-refractivity contribution is -0.384. The fourth-order valence-electron chi connectivity index (χ4n) is 2.68. The van der Waals surface area contributed by atoms with Gasteiger partial charge in [-0.1, -0.05) is 0 Å². The Morgan fingerprint density at radius 3 is 2.57 bits per heavy atom. The Morgan fingerprint density at radius 2 is 2.00 bits per heavy atom. The van der Waals surface area contributed by atoms with Gasteiger partial charge < -0.3 is 14.4 Å². The van der Waals surface area contributed by atoms with Crippen molar-refractivity contribution in [1.29, 1.82) is 0 Å². The summed E-state index contributed by atoms with van der Waals surface area (Å²) in [6.45, 7) is 1.90. The van der Waals surface area contributed by atoms with E-state index in [-0.39, 0.29) is 18.2 Å². The Morgan fingerprint density at radius 1 is 1.35 bits per heavy atom. The number of nitro benzene ring substituents is 1. The molecule has 8 heteroatoms. The molecule has 1 fully saturated rings. The van der Waals surface area contributed by atoms with Gasteiger partial charge in [0.1, 0.15) is 11.3 Å². The fourth-order valence-corrected chi connectivity index (χ4v) is 2.68. The van der Waals surface area contributed by atoms with Crippen LogP contribution >= 0.6 is 0 Å². The number of hydrogen-bond acceptors (Lipinski definition) is 6. The van der Waals surface area contributed by atoms with E-state index >= 15 is 0 Å². The highest BCUT2D eigenvalue weighted by Crippen LogP contribution is 2.30. The number of rotatable bonds is 5. The Bertz CT molecular complexity index is 615. The van der Waals surface area contributed by atoms with Crippen LogP contribution < -0.4 is 4.74 Å². The number of methoxy groups -OCH3 is 1. The highest BCUT2D eigenvalue weighted by atomic mass is 16.6.